The smallest absolute Gasteiger partial charge is 0.0149 e. The molecular weight excluding hydrogens is 248 g/mol. The summed E-state index contributed by atoms with van der Waals surface area (Å²) in [4.78, 5) is 0. The lowest BCUT2D eigenvalue weighted by molar-refractivity contribution is -0.176. The molecule has 2 aromatic carbocycles. The van der Waals surface area contributed by atoms with Crippen LogP contribution in [0.5, 0.6) is 0 Å². The van der Waals surface area contributed by atoms with Crippen LogP contribution >= 0.6 is 0 Å². The SMILES string of the molecule is CC(C)c1ccccc1C(C)(C)c1ccccc1.OO. The van der Waals surface area contributed by atoms with Crippen molar-refractivity contribution < 1.29 is 10.5 Å². The Hall–Kier alpha value is -1.64. The highest BCUT2D eigenvalue weighted by molar-refractivity contribution is 5.43. The van der Waals surface area contributed by atoms with Gasteiger partial charge in [0.25, 0.3) is 0 Å². The minimum Gasteiger partial charge on any atom is -0.255 e. The van der Waals surface area contributed by atoms with E-state index in [0.29, 0.717) is 5.92 Å². The molecule has 2 aromatic rings. The first-order valence-electron chi connectivity index (χ1n) is 6.88. The van der Waals surface area contributed by atoms with Crippen molar-refractivity contribution in [1.82, 2.24) is 0 Å². The van der Waals surface area contributed by atoms with Gasteiger partial charge in [-0.1, -0.05) is 82.3 Å². The summed E-state index contributed by atoms with van der Waals surface area (Å²) in [6.07, 6.45) is 0. The summed E-state index contributed by atoms with van der Waals surface area (Å²) in [7, 11) is 0. The third kappa shape index (κ3) is 3.47. The minimum atomic E-state index is 0.0577. The number of rotatable bonds is 3. The third-order valence-corrected chi connectivity index (χ3v) is 3.75. The fourth-order valence-corrected chi connectivity index (χ4v) is 2.58. The van der Waals surface area contributed by atoms with Crippen LogP contribution in [-0.4, -0.2) is 10.5 Å². The van der Waals surface area contributed by atoms with E-state index >= 15 is 0 Å². The predicted octanol–water partition coefficient (Wildman–Crippen LogP) is 5.15. The summed E-state index contributed by atoms with van der Waals surface area (Å²) in [5, 5.41) is 12.0. The van der Waals surface area contributed by atoms with E-state index in [2.05, 4.69) is 82.3 Å². The third-order valence-electron chi connectivity index (χ3n) is 3.75. The molecule has 0 aliphatic heterocycles. The van der Waals surface area contributed by atoms with Crippen LogP contribution in [0.4, 0.5) is 0 Å². The molecule has 0 amide bonds. The highest BCUT2D eigenvalue weighted by Crippen LogP contribution is 2.35. The average Bonchev–Trinajstić information content (AvgIpc) is 2.50. The highest BCUT2D eigenvalue weighted by Gasteiger charge is 2.25. The van der Waals surface area contributed by atoms with Gasteiger partial charge >= 0.3 is 0 Å². The second kappa shape index (κ2) is 7.22. The van der Waals surface area contributed by atoms with Crippen LogP contribution in [0.2, 0.25) is 0 Å². The van der Waals surface area contributed by atoms with Crippen molar-refractivity contribution in [3.63, 3.8) is 0 Å². The molecule has 108 valence electrons. The maximum atomic E-state index is 6.00. The van der Waals surface area contributed by atoms with Crippen LogP contribution in [0.25, 0.3) is 0 Å². The molecule has 2 heteroatoms. The minimum absolute atomic E-state index is 0.0577. The monoisotopic (exact) mass is 272 g/mol. The average molecular weight is 272 g/mol. The topological polar surface area (TPSA) is 40.5 Å². The summed E-state index contributed by atoms with van der Waals surface area (Å²) in [6.45, 7) is 9.15. The van der Waals surface area contributed by atoms with E-state index in [4.69, 9.17) is 10.5 Å². The van der Waals surface area contributed by atoms with Crippen LogP contribution in [0.1, 0.15) is 50.3 Å². The van der Waals surface area contributed by atoms with E-state index in [1.807, 2.05) is 0 Å². The van der Waals surface area contributed by atoms with Crippen LogP contribution in [-0.2, 0) is 5.41 Å². The Bertz CT molecular complexity index is 516. The van der Waals surface area contributed by atoms with E-state index in [1.165, 1.54) is 16.7 Å². The Morgan fingerprint density at radius 2 is 1.30 bits per heavy atom. The summed E-state index contributed by atoms with van der Waals surface area (Å²) in [5.74, 6) is 0.559. The molecule has 2 nitrogen and oxygen atoms in total. The number of benzene rings is 2. The Labute approximate surface area is 121 Å². The fourth-order valence-electron chi connectivity index (χ4n) is 2.58. The molecule has 0 saturated heterocycles. The van der Waals surface area contributed by atoms with Crippen LogP contribution in [0.15, 0.2) is 54.6 Å². The van der Waals surface area contributed by atoms with Crippen molar-refractivity contribution in [1.29, 1.82) is 0 Å². The van der Waals surface area contributed by atoms with E-state index in [9.17, 15) is 0 Å². The quantitative estimate of drug-likeness (QED) is 0.599. The number of hydrogen-bond donors (Lipinski definition) is 2. The van der Waals surface area contributed by atoms with Crippen LogP contribution in [0.3, 0.4) is 0 Å². The molecule has 0 unspecified atom stereocenters. The van der Waals surface area contributed by atoms with Gasteiger partial charge in [-0.05, 0) is 22.6 Å². The second-order valence-electron chi connectivity index (χ2n) is 5.73. The molecule has 0 spiro atoms. The second-order valence-corrected chi connectivity index (χ2v) is 5.73. The molecule has 0 aliphatic carbocycles. The maximum absolute atomic E-state index is 6.00. The fraction of sp³-hybridized carbons (Fsp3) is 0.333. The van der Waals surface area contributed by atoms with Gasteiger partial charge in [0.15, 0.2) is 0 Å². The summed E-state index contributed by atoms with van der Waals surface area (Å²) in [6, 6.07) is 19.6. The molecule has 0 aromatic heterocycles. The van der Waals surface area contributed by atoms with Gasteiger partial charge in [0.1, 0.15) is 0 Å². The zero-order valence-electron chi connectivity index (χ0n) is 12.7. The lowest BCUT2D eigenvalue weighted by Gasteiger charge is -2.29. The molecular formula is C18H24O2. The Morgan fingerprint density at radius 3 is 1.85 bits per heavy atom. The van der Waals surface area contributed by atoms with E-state index in [-0.39, 0.29) is 5.41 Å². The molecule has 20 heavy (non-hydrogen) atoms. The van der Waals surface area contributed by atoms with Crippen molar-refractivity contribution in [2.45, 2.75) is 39.0 Å². The van der Waals surface area contributed by atoms with E-state index in [0.717, 1.165) is 0 Å². The van der Waals surface area contributed by atoms with Crippen molar-refractivity contribution in [3.05, 3.63) is 71.3 Å². The largest absolute Gasteiger partial charge is 0.255 e. The van der Waals surface area contributed by atoms with Gasteiger partial charge < -0.3 is 0 Å². The van der Waals surface area contributed by atoms with E-state index in [1.54, 1.807) is 0 Å². The van der Waals surface area contributed by atoms with Crippen LogP contribution < -0.4 is 0 Å². The standard InChI is InChI=1S/C18H22.H2O2/c1-14(2)16-12-8-9-13-17(16)18(3,4)15-10-6-5-7-11-15;1-2/h5-14H,1-4H3;1-2H. The molecule has 2 rings (SSSR count). The van der Waals surface area contributed by atoms with Crippen LogP contribution in [0, 0.1) is 0 Å². The van der Waals surface area contributed by atoms with Gasteiger partial charge in [-0.15, -0.1) is 0 Å². The summed E-state index contributed by atoms with van der Waals surface area (Å²) < 4.78 is 0. The maximum Gasteiger partial charge on any atom is 0.0149 e. The Balaban J connectivity index is 0.000000956. The molecule has 0 bridgehead atoms. The first-order chi connectivity index (χ1) is 9.53. The highest BCUT2D eigenvalue weighted by atomic mass is 17.0. The van der Waals surface area contributed by atoms with Crippen molar-refractivity contribution in [3.8, 4) is 0 Å². The van der Waals surface area contributed by atoms with Gasteiger partial charge in [-0.2, -0.15) is 0 Å². The lowest BCUT2D eigenvalue weighted by atomic mass is 9.74. The Morgan fingerprint density at radius 1 is 0.800 bits per heavy atom. The molecule has 0 saturated carbocycles. The first-order valence-corrected chi connectivity index (χ1v) is 6.88. The zero-order chi connectivity index (χ0) is 15.2. The Kier molecular flexibility index (Phi) is 5.93. The molecule has 0 fully saturated rings. The van der Waals surface area contributed by atoms with Gasteiger partial charge in [-0.25, -0.2) is 0 Å². The molecule has 0 atom stereocenters. The van der Waals surface area contributed by atoms with E-state index < -0.39 is 0 Å². The van der Waals surface area contributed by atoms with Crippen molar-refractivity contribution >= 4 is 0 Å². The van der Waals surface area contributed by atoms with Gasteiger partial charge in [0.2, 0.25) is 0 Å². The molecule has 0 aliphatic rings. The lowest BCUT2D eigenvalue weighted by Crippen LogP contribution is -2.21. The predicted molar refractivity (Wildman–Crippen MR) is 84.4 cm³/mol. The molecule has 2 N–H and O–H groups in total. The van der Waals surface area contributed by atoms with Gasteiger partial charge in [0.05, 0.1) is 0 Å². The summed E-state index contributed by atoms with van der Waals surface area (Å²) in [5.41, 5.74) is 4.32. The van der Waals surface area contributed by atoms with Gasteiger partial charge in [-0.3, -0.25) is 10.5 Å². The normalized spacial score (nSPS) is 10.9. The summed E-state index contributed by atoms with van der Waals surface area (Å²) >= 11 is 0. The first kappa shape index (κ1) is 16.4. The van der Waals surface area contributed by atoms with Crippen molar-refractivity contribution in [2.24, 2.45) is 0 Å². The number of hydrogen-bond acceptors (Lipinski definition) is 2. The zero-order valence-corrected chi connectivity index (χ0v) is 12.7. The van der Waals surface area contributed by atoms with Crippen molar-refractivity contribution in [2.75, 3.05) is 0 Å². The molecule has 0 radical (unpaired) electrons. The molecule has 0 heterocycles. The van der Waals surface area contributed by atoms with Gasteiger partial charge in [0, 0.05) is 5.41 Å².